The molecule has 0 bridgehead atoms. The van der Waals surface area contributed by atoms with Crippen molar-refractivity contribution in [3.8, 4) is 5.75 Å². The quantitative estimate of drug-likeness (QED) is 0.206. The van der Waals surface area contributed by atoms with Gasteiger partial charge in [0, 0.05) is 5.56 Å². The fourth-order valence-electron chi connectivity index (χ4n) is 3.69. The average Bonchev–Trinajstić information content (AvgIpc) is 2.92. The van der Waals surface area contributed by atoms with Crippen LogP contribution in [-0.4, -0.2) is 80.6 Å². The van der Waals surface area contributed by atoms with Gasteiger partial charge >= 0.3 is 41.9 Å². The maximum absolute atomic E-state index is 13.9. The van der Waals surface area contributed by atoms with E-state index in [4.69, 9.17) is 23.7 Å². The fourth-order valence-corrected chi connectivity index (χ4v) is 3.69. The Morgan fingerprint density at radius 1 is 0.860 bits per heavy atom. The molecule has 2 heterocycles. The highest BCUT2D eigenvalue weighted by molar-refractivity contribution is 5.60. The average molecular weight is 654 g/mol. The molecule has 2 aliphatic rings. The van der Waals surface area contributed by atoms with Crippen molar-refractivity contribution in [3.05, 3.63) is 42.2 Å². The van der Waals surface area contributed by atoms with Crippen molar-refractivity contribution in [3.63, 3.8) is 0 Å². The SMILES string of the molecule is COc1ccc(C2OC[C@H]3OC=C[C@@H](OC(=O)OCCC(F)(F)C(F)(F)C(F)(F)C(F)(F)C(F)(F)C(F)(F)F)[C@@H]3O2)cc1. The summed E-state index contributed by atoms with van der Waals surface area (Å²) in [5.41, 5.74) is 0.466. The minimum Gasteiger partial charge on any atom is -0.497 e. The van der Waals surface area contributed by atoms with E-state index >= 15 is 0 Å². The molecule has 0 aliphatic carbocycles. The topological polar surface area (TPSA) is 72.5 Å². The highest BCUT2D eigenvalue weighted by atomic mass is 19.4. The van der Waals surface area contributed by atoms with Crippen LogP contribution in [0.2, 0.25) is 0 Å². The predicted molar refractivity (Wildman–Crippen MR) is 112 cm³/mol. The lowest BCUT2D eigenvalue weighted by Gasteiger charge is -2.40. The molecule has 2 aliphatic heterocycles. The predicted octanol–water partition coefficient (Wildman–Crippen LogP) is 6.67. The highest BCUT2D eigenvalue weighted by Gasteiger charge is 2.90. The zero-order valence-electron chi connectivity index (χ0n) is 21.2. The van der Waals surface area contributed by atoms with Gasteiger partial charge in [-0.2, -0.15) is 57.1 Å². The van der Waals surface area contributed by atoms with E-state index in [0.29, 0.717) is 11.3 Å². The van der Waals surface area contributed by atoms with Crippen molar-refractivity contribution in [1.82, 2.24) is 0 Å². The molecule has 1 saturated heterocycles. The second-order valence-electron chi connectivity index (χ2n) is 8.97. The maximum atomic E-state index is 13.9. The van der Waals surface area contributed by atoms with Gasteiger partial charge in [0.25, 0.3) is 0 Å². The summed E-state index contributed by atoms with van der Waals surface area (Å²) in [7, 11) is 1.42. The number of carbonyl (C=O) groups is 1. The molecule has 1 aromatic carbocycles. The first-order chi connectivity index (χ1) is 19.6. The van der Waals surface area contributed by atoms with Crippen molar-refractivity contribution >= 4 is 6.16 Å². The summed E-state index contributed by atoms with van der Waals surface area (Å²) in [6.07, 6.45) is -14.5. The van der Waals surface area contributed by atoms with Gasteiger partial charge in [-0.25, -0.2) is 4.79 Å². The van der Waals surface area contributed by atoms with Crippen LogP contribution in [0, 0.1) is 0 Å². The summed E-state index contributed by atoms with van der Waals surface area (Å²) < 4.78 is 202. The number of alkyl halides is 13. The molecule has 0 amide bonds. The molecular formula is C23H19F13O7. The van der Waals surface area contributed by atoms with Gasteiger partial charge in [0.15, 0.2) is 18.5 Å². The Kier molecular flexibility index (Phi) is 9.37. The van der Waals surface area contributed by atoms with E-state index < -0.39 is 79.6 Å². The van der Waals surface area contributed by atoms with Crippen LogP contribution in [0.3, 0.4) is 0 Å². The Hall–Kier alpha value is -3.16. The van der Waals surface area contributed by atoms with E-state index in [1.807, 2.05) is 0 Å². The van der Waals surface area contributed by atoms with Gasteiger partial charge in [-0.05, 0) is 18.2 Å². The highest BCUT2D eigenvalue weighted by Crippen LogP contribution is 2.60. The molecule has 1 unspecified atom stereocenters. The molecule has 1 fully saturated rings. The van der Waals surface area contributed by atoms with E-state index in [9.17, 15) is 61.9 Å². The van der Waals surface area contributed by atoms with E-state index in [-0.39, 0.29) is 6.61 Å². The summed E-state index contributed by atoms with van der Waals surface area (Å²) in [5, 5.41) is 0. The Labute approximate surface area is 232 Å². The number of methoxy groups -OCH3 is 1. The van der Waals surface area contributed by atoms with Gasteiger partial charge in [-0.3, -0.25) is 0 Å². The monoisotopic (exact) mass is 654 g/mol. The normalized spacial score (nSPS) is 23.7. The Morgan fingerprint density at radius 3 is 2.00 bits per heavy atom. The molecule has 1 aromatic rings. The summed E-state index contributed by atoms with van der Waals surface area (Å²) in [4.78, 5) is 12.0. The molecule has 0 radical (unpaired) electrons. The first-order valence-electron chi connectivity index (χ1n) is 11.6. The number of carbonyl (C=O) groups excluding carboxylic acids is 1. The Bertz CT molecular complexity index is 1160. The molecule has 0 saturated carbocycles. The van der Waals surface area contributed by atoms with Crippen molar-refractivity contribution in [2.45, 2.75) is 66.8 Å². The molecule has 7 nitrogen and oxygen atoms in total. The van der Waals surface area contributed by atoms with Gasteiger partial charge in [0.1, 0.15) is 18.5 Å². The van der Waals surface area contributed by atoms with Gasteiger partial charge in [-0.1, -0.05) is 12.1 Å². The fraction of sp³-hybridized carbons (Fsp3) is 0.609. The molecule has 0 spiro atoms. The first kappa shape index (κ1) is 34.3. The van der Waals surface area contributed by atoms with E-state index in [2.05, 4.69) is 4.74 Å². The lowest BCUT2D eigenvalue weighted by molar-refractivity contribution is -0.440. The van der Waals surface area contributed by atoms with E-state index in [0.717, 1.165) is 12.3 Å². The summed E-state index contributed by atoms with van der Waals surface area (Å²) in [6.45, 7) is -2.09. The van der Waals surface area contributed by atoms with Crippen LogP contribution in [0.15, 0.2) is 36.6 Å². The number of hydrogen-bond donors (Lipinski definition) is 0. The Balaban J connectivity index is 1.63. The zero-order valence-corrected chi connectivity index (χ0v) is 21.2. The third kappa shape index (κ3) is 6.25. The summed E-state index contributed by atoms with van der Waals surface area (Å²) in [5.74, 6) is -37.2. The third-order valence-electron chi connectivity index (χ3n) is 6.16. The van der Waals surface area contributed by atoms with Gasteiger partial charge in [-0.15, -0.1) is 0 Å². The largest absolute Gasteiger partial charge is 0.508 e. The molecule has 3 rings (SSSR count). The van der Waals surface area contributed by atoms with E-state index in [1.165, 1.54) is 7.11 Å². The molecule has 20 heteroatoms. The molecule has 43 heavy (non-hydrogen) atoms. The number of hydrogen-bond acceptors (Lipinski definition) is 7. The van der Waals surface area contributed by atoms with Crippen molar-refractivity contribution in [2.75, 3.05) is 20.3 Å². The molecule has 0 N–H and O–H groups in total. The Morgan fingerprint density at radius 2 is 1.44 bits per heavy atom. The number of benzene rings is 1. The van der Waals surface area contributed by atoms with Crippen molar-refractivity contribution < 1.29 is 90.3 Å². The van der Waals surface area contributed by atoms with Gasteiger partial charge in [0.05, 0.1) is 26.4 Å². The smallest absolute Gasteiger partial charge is 0.497 e. The zero-order chi connectivity index (χ0) is 32.6. The number of ether oxygens (including phenoxy) is 6. The second-order valence-corrected chi connectivity index (χ2v) is 8.97. The van der Waals surface area contributed by atoms with Crippen LogP contribution in [0.1, 0.15) is 18.3 Å². The third-order valence-corrected chi connectivity index (χ3v) is 6.16. The molecule has 0 aromatic heterocycles. The minimum absolute atomic E-state index is 0.131. The summed E-state index contributed by atoms with van der Waals surface area (Å²) in [6, 6.07) is 6.25. The standard InChI is InChI=1S/C23H19F13O7/c1-38-12-4-2-11(3-5-12)16-41-10-14-15(43-16)13(6-8-39-14)42-17(37)40-9-7-18(24,25)19(26,27)20(28,29)21(30,31)22(32,33)23(34,35)36/h2-6,8,13-16H,7,9-10H2,1H3/t13-,14-,15+,16?/m1/s1. The minimum atomic E-state index is -8.02. The number of rotatable bonds is 10. The maximum Gasteiger partial charge on any atom is 0.508 e. The van der Waals surface area contributed by atoms with Crippen LogP contribution in [0.5, 0.6) is 5.75 Å². The van der Waals surface area contributed by atoms with Crippen LogP contribution in [0.25, 0.3) is 0 Å². The van der Waals surface area contributed by atoms with Crippen LogP contribution in [-0.2, 0) is 23.7 Å². The van der Waals surface area contributed by atoms with E-state index in [1.54, 1.807) is 24.3 Å². The van der Waals surface area contributed by atoms with Crippen molar-refractivity contribution in [2.24, 2.45) is 0 Å². The lowest BCUT2D eigenvalue weighted by atomic mass is 9.93. The van der Waals surface area contributed by atoms with Crippen LogP contribution < -0.4 is 4.74 Å². The first-order valence-corrected chi connectivity index (χ1v) is 11.6. The van der Waals surface area contributed by atoms with Crippen LogP contribution >= 0.6 is 0 Å². The lowest BCUT2D eigenvalue weighted by Crippen LogP contribution is -2.70. The number of fused-ring (bicyclic) bond motifs is 1. The molecule has 4 atom stereocenters. The molecular weight excluding hydrogens is 635 g/mol. The molecule has 244 valence electrons. The van der Waals surface area contributed by atoms with Gasteiger partial charge < -0.3 is 28.4 Å². The summed E-state index contributed by atoms with van der Waals surface area (Å²) >= 11 is 0. The second kappa shape index (κ2) is 11.7. The van der Waals surface area contributed by atoms with Crippen LogP contribution in [0.4, 0.5) is 61.9 Å². The van der Waals surface area contributed by atoms with Gasteiger partial charge in [0.2, 0.25) is 0 Å². The van der Waals surface area contributed by atoms with Crippen molar-refractivity contribution in [1.29, 1.82) is 0 Å². The number of halogens is 13.